The first-order valence-electron chi connectivity index (χ1n) is 13.6. The molecule has 9 heteroatoms. The molecule has 8 nitrogen and oxygen atoms in total. The van der Waals surface area contributed by atoms with Gasteiger partial charge < -0.3 is 25.0 Å². The van der Waals surface area contributed by atoms with Crippen LogP contribution in [-0.4, -0.2) is 38.9 Å². The maximum absolute atomic E-state index is 12.4. The van der Waals surface area contributed by atoms with Gasteiger partial charge in [-0.2, -0.15) is 0 Å². The number of amides is 1. The van der Waals surface area contributed by atoms with E-state index in [9.17, 15) is 19.8 Å². The monoisotopic (exact) mass is 584 g/mol. The number of aliphatic hydroxyl groups is 1. The summed E-state index contributed by atoms with van der Waals surface area (Å²) in [6.45, 7) is 2.45. The number of thioether (sulfide) groups is 1. The summed E-state index contributed by atoms with van der Waals surface area (Å²) in [5.74, 6) is -0.466. The van der Waals surface area contributed by atoms with Crippen molar-refractivity contribution in [2.75, 3.05) is 5.75 Å². The molecule has 5 rings (SSSR count). The average Bonchev–Trinajstić information content (AvgIpc) is 3.04. The van der Waals surface area contributed by atoms with Gasteiger partial charge in [0.2, 0.25) is 0 Å². The number of nitrogens with zero attached hydrogens (tertiary/aromatic N) is 1. The van der Waals surface area contributed by atoms with Crippen LogP contribution in [0.5, 0.6) is 0 Å². The Balaban J connectivity index is 1.30. The summed E-state index contributed by atoms with van der Waals surface area (Å²) < 4.78 is 13.0. The zero-order valence-corrected chi connectivity index (χ0v) is 23.9. The lowest BCUT2D eigenvalue weighted by Crippen LogP contribution is -2.38. The van der Waals surface area contributed by atoms with Crippen molar-refractivity contribution in [2.24, 2.45) is 5.92 Å². The van der Waals surface area contributed by atoms with Crippen LogP contribution >= 0.6 is 11.8 Å². The lowest BCUT2D eigenvalue weighted by Gasteiger charge is -2.41. The Morgan fingerprint density at radius 2 is 1.57 bits per heavy atom. The number of carboxylic acid groups (broad SMARTS) is 1. The molecule has 42 heavy (non-hydrogen) atoms. The SMILES string of the molecule is CC1C(CSc2ccc(C(=O)O)cc2)OC(c2ccc(CNC(=O)c3cccnc3)cc2)OC1c1ccc(CO)cc1. The lowest BCUT2D eigenvalue weighted by atomic mass is 9.91. The zero-order valence-electron chi connectivity index (χ0n) is 23.1. The summed E-state index contributed by atoms with van der Waals surface area (Å²) >= 11 is 1.61. The summed E-state index contributed by atoms with van der Waals surface area (Å²) in [7, 11) is 0. The van der Waals surface area contributed by atoms with E-state index in [1.807, 2.05) is 60.7 Å². The third-order valence-corrected chi connectivity index (χ3v) is 8.37. The van der Waals surface area contributed by atoms with Gasteiger partial charge in [-0.3, -0.25) is 9.78 Å². The molecule has 1 aromatic heterocycles. The number of ether oxygens (including phenoxy) is 2. The number of aromatic carboxylic acids is 1. The summed E-state index contributed by atoms with van der Waals surface area (Å²) in [5, 5.41) is 21.6. The molecule has 2 heterocycles. The first kappa shape index (κ1) is 29.5. The van der Waals surface area contributed by atoms with Crippen molar-refractivity contribution in [1.82, 2.24) is 10.3 Å². The number of carboxylic acids is 1. The highest BCUT2D eigenvalue weighted by Crippen LogP contribution is 2.43. The summed E-state index contributed by atoms with van der Waals surface area (Å²) in [4.78, 5) is 28.5. The normalized spacial score (nSPS) is 20.1. The molecule has 0 spiro atoms. The Morgan fingerprint density at radius 3 is 2.21 bits per heavy atom. The predicted molar refractivity (Wildman–Crippen MR) is 159 cm³/mol. The number of nitrogens with one attached hydrogen (secondary N) is 1. The highest BCUT2D eigenvalue weighted by atomic mass is 32.2. The molecule has 1 fully saturated rings. The molecule has 4 atom stereocenters. The summed E-state index contributed by atoms with van der Waals surface area (Å²) in [5.41, 5.74) is 4.39. The molecule has 0 bridgehead atoms. The molecule has 3 N–H and O–H groups in total. The van der Waals surface area contributed by atoms with Gasteiger partial charge in [-0.25, -0.2) is 4.79 Å². The predicted octanol–water partition coefficient (Wildman–Crippen LogP) is 5.79. The Morgan fingerprint density at radius 1 is 0.881 bits per heavy atom. The Hall–Kier alpha value is -4.02. The Bertz CT molecular complexity index is 1480. The minimum absolute atomic E-state index is 0.0222. The van der Waals surface area contributed by atoms with E-state index in [2.05, 4.69) is 17.2 Å². The maximum Gasteiger partial charge on any atom is 0.335 e. The molecular weight excluding hydrogens is 552 g/mol. The molecule has 4 unspecified atom stereocenters. The van der Waals surface area contributed by atoms with Crippen LogP contribution < -0.4 is 5.32 Å². The molecule has 0 aliphatic carbocycles. The van der Waals surface area contributed by atoms with E-state index >= 15 is 0 Å². The number of pyridine rings is 1. The maximum atomic E-state index is 12.4. The molecule has 1 aliphatic heterocycles. The molecule has 4 aromatic rings. The van der Waals surface area contributed by atoms with E-state index < -0.39 is 12.3 Å². The summed E-state index contributed by atoms with van der Waals surface area (Å²) in [6, 6.07) is 25.8. The Kier molecular flexibility index (Phi) is 9.66. The first-order valence-corrected chi connectivity index (χ1v) is 14.6. The third-order valence-electron chi connectivity index (χ3n) is 7.27. The van der Waals surface area contributed by atoms with E-state index in [-0.39, 0.29) is 36.2 Å². The minimum atomic E-state index is -0.951. The van der Waals surface area contributed by atoms with Gasteiger partial charge >= 0.3 is 5.97 Å². The second-order valence-corrected chi connectivity index (χ2v) is 11.2. The second kappa shape index (κ2) is 13.8. The first-order chi connectivity index (χ1) is 20.4. The van der Waals surface area contributed by atoms with Crippen LogP contribution in [-0.2, 0) is 22.6 Å². The van der Waals surface area contributed by atoms with Gasteiger partial charge in [0.1, 0.15) is 0 Å². The fourth-order valence-corrected chi connectivity index (χ4v) is 5.82. The van der Waals surface area contributed by atoms with Crippen molar-refractivity contribution < 1.29 is 29.3 Å². The number of carbonyl (C=O) groups is 2. The molecule has 3 aromatic carbocycles. The second-order valence-electron chi connectivity index (χ2n) is 10.1. The van der Waals surface area contributed by atoms with Gasteiger partial charge in [-0.05, 0) is 53.1 Å². The van der Waals surface area contributed by atoms with Crippen molar-refractivity contribution in [3.05, 3.63) is 131 Å². The quantitative estimate of drug-likeness (QED) is 0.201. The van der Waals surface area contributed by atoms with E-state index in [0.717, 1.165) is 27.1 Å². The number of hydrogen-bond donors (Lipinski definition) is 3. The van der Waals surface area contributed by atoms with Crippen molar-refractivity contribution in [3.8, 4) is 0 Å². The van der Waals surface area contributed by atoms with Crippen LogP contribution in [0.15, 0.2) is 102 Å². The molecular formula is C33H32N2O6S. The smallest absolute Gasteiger partial charge is 0.335 e. The average molecular weight is 585 g/mol. The van der Waals surface area contributed by atoms with Crippen LogP contribution in [0.2, 0.25) is 0 Å². The number of carbonyl (C=O) groups excluding carboxylic acids is 1. The standard InChI is InChI=1S/C33H32N2O6S/c1-21-29(20-42-28-14-12-25(13-15-28)32(38)39)40-33(41-30(21)24-8-6-23(19-36)7-9-24)26-10-4-22(5-11-26)17-35-31(37)27-3-2-16-34-18-27/h2-16,18,21,29-30,33,36H,17,19-20H2,1H3,(H,35,37)(H,38,39). The van der Waals surface area contributed by atoms with Crippen LogP contribution in [0.1, 0.15) is 62.3 Å². The van der Waals surface area contributed by atoms with Crippen LogP contribution in [0.4, 0.5) is 0 Å². The van der Waals surface area contributed by atoms with Crippen molar-refractivity contribution in [2.45, 2.75) is 43.5 Å². The van der Waals surface area contributed by atoms with Crippen molar-refractivity contribution in [3.63, 3.8) is 0 Å². The molecule has 216 valence electrons. The number of benzene rings is 3. The van der Waals surface area contributed by atoms with Crippen LogP contribution in [0, 0.1) is 5.92 Å². The van der Waals surface area contributed by atoms with E-state index in [4.69, 9.17) is 9.47 Å². The van der Waals surface area contributed by atoms with Gasteiger partial charge in [-0.15, -0.1) is 11.8 Å². The number of rotatable bonds is 10. The highest BCUT2D eigenvalue weighted by Gasteiger charge is 2.38. The minimum Gasteiger partial charge on any atom is -0.478 e. The van der Waals surface area contributed by atoms with Gasteiger partial charge in [0.25, 0.3) is 5.91 Å². The van der Waals surface area contributed by atoms with E-state index in [1.165, 1.54) is 6.20 Å². The molecule has 1 saturated heterocycles. The van der Waals surface area contributed by atoms with Gasteiger partial charge in [0.15, 0.2) is 6.29 Å². The zero-order chi connectivity index (χ0) is 29.5. The highest BCUT2D eigenvalue weighted by molar-refractivity contribution is 7.99. The fraction of sp³-hybridized carbons (Fsp3) is 0.242. The molecule has 1 amide bonds. The fourth-order valence-electron chi connectivity index (χ4n) is 4.76. The third kappa shape index (κ3) is 7.24. The number of aromatic nitrogens is 1. The van der Waals surface area contributed by atoms with E-state index in [1.54, 1.807) is 42.2 Å². The largest absolute Gasteiger partial charge is 0.478 e. The molecule has 1 aliphatic rings. The summed E-state index contributed by atoms with van der Waals surface area (Å²) in [6.07, 6.45) is 2.15. The number of hydrogen-bond acceptors (Lipinski definition) is 7. The number of aliphatic hydroxyl groups excluding tert-OH is 1. The van der Waals surface area contributed by atoms with Crippen LogP contribution in [0.25, 0.3) is 0 Å². The molecule has 0 radical (unpaired) electrons. The van der Waals surface area contributed by atoms with Crippen molar-refractivity contribution >= 4 is 23.6 Å². The van der Waals surface area contributed by atoms with E-state index in [0.29, 0.717) is 17.9 Å². The van der Waals surface area contributed by atoms with Crippen molar-refractivity contribution in [1.29, 1.82) is 0 Å². The van der Waals surface area contributed by atoms with Gasteiger partial charge in [0, 0.05) is 41.1 Å². The lowest BCUT2D eigenvalue weighted by molar-refractivity contribution is -0.268. The van der Waals surface area contributed by atoms with Gasteiger partial charge in [-0.1, -0.05) is 55.5 Å². The van der Waals surface area contributed by atoms with Gasteiger partial charge in [0.05, 0.1) is 29.9 Å². The topological polar surface area (TPSA) is 118 Å². The molecule has 0 saturated carbocycles. The van der Waals surface area contributed by atoms with Crippen LogP contribution in [0.3, 0.4) is 0 Å². The Labute approximate surface area is 248 Å².